The van der Waals surface area contributed by atoms with Gasteiger partial charge >= 0.3 is 0 Å². The van der Waals surface area contributed by atoms with E-state index in [-0.39, 0.29) is 47.0 Å². The minimum atomic E-state index is -3.75. The Bertz CT molecular complexity index is 1000. The van der Waals surface area contributed by atoms with Gasteiger partial charge in [-0.2, -0.15) is 4.31 Å². The minimum absolute atomic E-state index is 0.0367. The number of hydrogen-bond acceptors (Lipinski definition) is 5. The Morgan fingerprint density at radius 2 is 1.48 bits per heavy atom. The Labute approximate surface area is 179 Å². The molecule has 0 radical (unpaired) electrons. The van der Waals surface area contributed by atoms with Gasteiger partial charge in [-0.1, -0.05) is 23.2 Å². The molecule has 0 spiro atoms. The molecule has 1 amide bonds. The second-order valence-electron chi connectivity index (χ2n) is 6.37. The molecule has 156 valence electrons. The molecule has 1 aliphatic heterocycles. The van der Waals surface area contributed by atoms with Crippen molar-refractivity contribution in [3.63, 3.8) is 0 Å². The van der Waals surface area contributed by atoms with Crippen molar-refractivity contribution in [2.45, 2.75) is 4.90 Å². The SMILES string of the molecule is COc1ccc(C(=O)N2CCN(S(=O)(=O)c3cc(Cl)cc(Cl)c3)CC2)cc1OC. The van der Waals surface area contributed by atoms with Gasteiger partial charge in [0.25, 0.3) is 5.91 Å². The van der Waals surface area contributed by atoms with Crippen molar-refractivity contribution in [1.29, 1.82) is 0 Å². The van der Waals surface area contributed by atoms with Gasteiger partial charge in [0, 0.05) is 41.8 Å². The van der Waals surface area contributed by atoms with Crippen molar-refractivity contribution in [3.8, 4) is 11.5 Å². The second kappa shape index (κ2) is 8.79. The lowest BCUT2D eigenvalue weighted by Crippen LogP contribution is -2.50. The first kappa shape index (κ1) is 21.7. The third-order valence-electron chi connectivity index (χ3n) is 4.63. The predicted molar refractivity (Wildman–Crippen MR) is 111 cm³/mol. The number of ether oxygens (including phenoxy) is 2. The summed E-state index contributed by atoms with van der Waals surface area (Å²) in [5.41, 5.74) is 0.445. The summed E-state index contributed by atoms with van der Waals surface area (Å²) in [6.45, 7) is 0.873. The van der Waals surface area contributed by atoms with Crippen LogP contribution in [0, 0.1) is 0 Å². The molecule has 0 N–H and O–H groups in total. The van der Waals surface area contributed by atoms with Gasteiger partial charge in [-0.25, -0.2) is 8.42 Å². The van der Waals surface area contributed by atoms with E-state index in [1.807, 2.05) is 0 Å². The molecule has 0 saturated carbocycles. The van der Waals surface area contributed by atoms with E-state index in [0.717, 1.165) is 0 Å². The number of amides is 1. The van der Waals surface area contributed by atoms with Crippen LogP contribution in [0.3, 0.4) is 0 Å². The summed E-state index contributed by atoms with van der Waals surface area (Å²) < 4.78 is 37.5. The zero-order chi connectivity index (χ0) is 21.2. The van der Waals surface area contributed by atoms with Crippen molar-refractivity contribution >= 4 is 39.1 Å². The van der Waals surface area contributed by atoms with Crippen LogP contribution in [0.15, 0.2) is 41.3 Å². The van der Waals surface area contributed by atoms with E-state index in [0.29, 0.717) is 17.1 Å². The first-order valence-corrected chi connectivity index (χ1v) is 10.9. The van der Waals surface area contributed by atoms with Crippen LogP contribution in [0.2, 0.25) is 10.0 Å². The quantitative estimate of drug-likeness (QED) is 0.687. The third kappa shape index (κ3) is 4.61. The number of halogens is 2. The van der Waals surface area contributed by atoms with Gasteiger partial charge in [-0.05, 0) is 36.4 Å². The van der Waals surface area contributed by atoms with E-state index < -0.39 is 10.0 Å². The van der Waals surface area contributed by atoms with Gasteiger partial charge in [0.05, 0.1) is 19.1 Å². The highest BCUT2D eigenvalue weighted by atomic mass is 35.5. The molecule has 10 heteroatoms. The van der Waals surface area contributed by atoms with Gasteiger partial charge in [0.1, 0.15) is 0 Å². The summed E-state index contributed by atoms with van der Waals surface area (Å²) >= 11 is 11.9. The first-order chi connectivity index (χ1) is 13.8. The van der Waals surface area contributed by atoms with Crippen LogP contribution in [0.25, 0.3) is 0 Å². The van der Waals surface area contributed by atoms with E-state index in [4.69, 9.17) is 32.7 Å². The molecule has 0 bridgehead atoms. The van der Waals surface area contributed by atoms with Crippen LogP contribution in [-0.2, 0) is 10.0 Å². The van der Waals surface area contributed by atoms with Crippen LogP contribution >= 0.6 is 23.2 Å². The standard InChI is InChI=1S/C19H20Cl2N2O5S/c1-27-17-4-3-13(9-18(17)28-2)19(24)22-5-7-23(8-6-22)29(25,26)16-11-14(20)10-15(21)12-16/h3-4,9-12H,5-8H2,1-2H3. The van der Waals surface area contributed by atoms with Crippen LogP contribution in [-0.4, -0.2) is 63.9 Å². The molecule has 7 nitrogen and oxygen atoms in total. The topological polar surface area (TPSA) is 76.2 Å². The maximum absolute atomic E-state index is 12.9. The summed E-state index contributed by atoms with van der Waals surface area (Å²) in [5.74, 6) is 0.784. The largest absolute Gasteiger partial charge is 0.493 e. The summed E-state index contributed by atoms with van der Waals surface area (Å²) in [6.07, 6.45) is 0. The van der Waals surface area contributed by atoms with E-state index in [1.54, 1.807) is 23.1 Å². The van der Waals surface area contributed by atoms with Crippen molar-refractivity contribution in [2.24, 2.45) is 0 Å². The smallest absolute Gasteiger partial charge is 0.254 e. The normalized spacial score (nSPS) is 15.2. The first-order valence-electron chi connectivity index (χ1n) is 8.74. The molecule has 0 aliphatic carbocycles. The Morgan fingerprint density at radius 3 is 2.03 bits per heavy atom. The molecule has 0 atom stereocenters. The zero-order valence-corrected chi connectivity index (χ0v) is 18.2. The van der Waals surface area contributed by atoms with Crippen LogP contribution in [0.1, 0.15) is 10.4 Å². The second-order valence-corrected chi connectivity index (χ2v) is 9.18. The van der Waals surface area contributed by atoms with Gasteiger partial charge in [0.2, 0.25) is 10.0 Å². The number of hydrogen-bond donors (Lipinski definition) is 0. The number of carbonyl (C=O) groups excluding carboxylic acids is 1. The van der Waals surface area contributed by atoms with E-state index in [9.17, 15) is 13.2 Å². The zero-order valence-electron chi connectivity index (χ0n) is 15.9. The molecule has 1 saturated heterocycles. The Hall–Kier alpha value is -2.00. The average Bonchev–Trinajstić information content (AvgIpc) is 2.72. The molecule has 1 heterocycles. The average molecular weight is 459 g/mol. The molecule has 2 aromatic carbocycles. The number of methoxy groups -OCH3 is 2. The van der Waals surface area contributed by atoms with Gasteiger partial charge in [-0.3, -0.25) is 4.79 Å². The maximum Gasteiger partial charge on any atom is 0.254 e. The number of nitrogens with zero attached hydrogens (tertiary/aromatic N) is 2. The summed E-state index contributed by atoms with van der Waals surface area (Å²) in [4.78, 5) is 14.5. The summed E-state index contributed by atoms with van der Waals surface area (Å²) in [6, 6.07) is 9.13. The predicted octanol–water partition coefficient (Wildman–Crippen LogP) is 3.16. The van der Waals surface area contributed by atoms with Gasteiger partial charge in [-0.15, -0.1) is 0 Å². The lowest BCUT2D eigenvalue weighted by Gasteiger charge is -2.34. The van der Waals surface area contributed by atoms with Crippen LogP contribution in [0.5, 0.6) is 11.5 Å². The van der Waals surface area contributed by atoms with Gasteiger partial charge < -0.3 is 14.4 Å². The Morgan fingerprint density at radius 1 is 0.897 bits per heavy atom. The van der Waals surface area contributed by atoms with Crippen molar-refractivity contribution < 1.29 is 22.7 Å². The summed E-state index contributed by atoms with van der Waals surface area (Å²) in [5, 5.41) is 0.497. The maximum atomic E-state index is 12.9. The number of sulfonamides is 1. The molecule has 2 aromatic rings. The van der Waals surface area contributed by atoms with Gasteiger partial charge in [0.15, 0.2) is 11.5 Å². The number of piperazine rings is 1. The lowest BCUT2D eigenvalue weighted by molar-refractivity contribution is 0.0697. The molecule has 1 aliphatic rings. The molecular weight excluding hydrogens is 439 g/mol. The number of benzene rings is 2. The fraction of sp³-hybridized carbons (Fsp3) is 0.316. The van der Waals surface area contributed by atoms with E-state index >= 15 is 0 Å². The summed E-state index contributed by atoms with van der Waals surface area (Å²) in [7, 11) is -0.733. The number of carbonyl (C=O) groups is 1. The molecule has 29 heavy (non-hydrogen) atoms. The highest BCUT2D eigenvalue weighted by molar-refractivity contribution is 7.89. The highest BCUT2D eigenvalue weighted by Gasteiger charge is 2.31. The number of rotatable bonds is 5. The monoisotopic (exact) mass is 458 g/mol. The fourth-order valence-electron chi connectivity index (χ4n) is 3.11. The third-order valence-corrected chi connectivity index (χ3v) is 6.94. The lowest BCUT2D eigenvalue weighted by atomic mass is 10.1. The molecular formula is C19H20Cl2N2O5S. The Balaban J connectivity index is 1.72. The molecule has 3 rings (SSSR count). The molecule has 0 unspecified atom stereocenters. The van der Waals surface area contributed by atoms with Crippen molar-refractivity contribution in [1.82, 2.24) is 9.21 Å². The van der Waals surface area contributed by atoms with E-state index in [1.165, 1.54) is 36.7 Å². The molecule has 0 aromatic heterocycles. The van der Waals surface area contributed by atoms with Crippen molar-refractivity contribution in [2.75, 3.05) is 40.4 Å². The van der Waals surface area contributed by atoms with Crippen molar-refractivity contribution in [3.05, 3.63) is 52.0 Å². The van der Waals surface area contributed by atoms with Crippen LogP contribution < -0.4 is 9.47 Å². The van der Waals surface area contributed by atoms with Crippen LogP contribution in [0.4, 0.5) is 0 Å². The molecule has 1 fully saturated rings. The fourth-order valence-corrected chi connectivity index (χ4v) is 5.26. The highest BCUT2D eigenvalue weighted by Crippen LogP contribution is 2.29. The Kier molecular flexibility index (Phi) is 6.58. The van der Waals surface area contributed by atoms with E-state index in [2.05, 4.69) is 0 Å². The minimum Gasteiger partial charge on any atom is -0.493 e.